The second kappa shape index (κ2) is 5.96. The van der Waals surface area contributed by atoms with Crippen molar-refractivity contribution in [2.45, 2.75) is 19.0 Å². The molecule has 90 valence electrons. The number of nitrogens with two attached hydrogens (primary N) is 1. The van der Waals surface area contributed by atoms with Crippen molar-refractivity contribution in [3.05, 3.63) is 34.1 Å². The SMILES string of the molecule is Cl.N[C@@H]1CCN(Cc2ccc(Br)cc2F)C1. The highest BCUT2D eigenvalue weighted by Gasteiger charge is 2.19. The molecule has 1 aromatic carbocycles. The molecule has 1 aliphatic heterocycles. The lowest BCUT2D eigenvalue weighted by atomic mass is 10.2. The van der Waals surface area contributed by atoms with Crippen LogP contribution in [0.2, 0.25) is 0 Å². The Labute approximate surface area is 110 Å². The molecule has 0 aliphatic carbocycles. The third-order valence-electron chi connectivity index (χ3n) is 2.72. The first-order valence-corrected chi connectivity index (χ1v) is 5.86. The van der Waals surface area contributed by atoms with E-state index in [0.29, 0.717) is 6.54 Å². The smallest absolute Gasteiger partial charge is 0.128 e. The summed E-state index contributed by atoms with van der Waals surface area (Å²) in [5.41, 5.74) is 6.54. The Bertz CT molecular complexity index is 362. The molecule has 16 heavy (non-hydrogen) atoms. The first-order chi connectivity index (χ1) is 7.15. The number of halogens is 3. The third-order valence-corrected chi connectivity index (χ3v) is 3.21. The van der Waals surface area contributed by atoms with E-state index in [2.05, 4.69) is 20.8 Å². The molecule has 2 rings (SSSR count). The molecule has 0 amide bonds. The summed E-state index contributed by atoms with van der Waals surface area (Å²) in [5, 5.41) is 0. The normalized spacial score (nSPS) is 20.8. The molecule has 0 bridgehead atoms. The van der Waals surface area contributed by atoms with Crippen LogP contribution >= 0.6 is 28.3 Å². The lowest BCUT2D eigenvalue weighted by Crippen LogP contribution is -2.26. The Morgan fingerprint density at radius 1 is 1.50 bits per heavy atom. The Hall–Kier alpha value is -0.160. The van der Waals surface area contributed by atoms with Gasteiger partial charge in [-0.25, -0.2) is 4.39 Å². The van der Waals surface area contributed by atoms with Crippen molar-refractivity contribution >= 4 is 28.3 Å². The third kappa shape index (κ3) is 3.42. The summed E-state index contributed by atoms with van der Waals surface area (Å²) in [6, 6.07) is 5.45. The van der Waals surface area contributed by atoms with Crippen molar-refractivity contribution in [2.24, 2.45) is 5.73 Å². The number of likely N-dealkylation sites (tertiary alicyclic amines) is 1. The van der Waals surface area contributed by atoms with Crippen LogP contribution in [0.15, 0.2) is 22.7 Å². The minimum atomic E-state index is -0.148. The molecule has 5 heteroatoms. The van der Waals surface area contributed by atoms with Crippen molar-refractivity contribution in [2.75, 3.05) is 13.1 Å². The zero-order chi connectivity index (χ0) is 10.8. The van der Waals surface area contributed by atoms with Crippen molar-refractivity contribution in [3.63, 3.8) is 0 Å². The van der Waals surface area contributed by atoms with Crippen LogP contribution in [0.4, 0.5) is 4.39 Å². The average molecular weight is 310 g/mol. The maximum Gasteiger partial charge on any atom is 0.128 e. The summed E-state index contributed by atoms with van der Waals surface area (Å²) in [5.74, 6) is -0.148. The van der Waals surface area contributed by atoms with Gasteiger partial charge in [-0.1, -0.05) is 22.0 Å². The largest absolute Gasteiger partial charge is 0.326 e. The molecule has 1 aromatic rings. The van der Waals surface area contributed by atoms with Crippen LogP contribution in [0.25, 0.3) is 0 Å². The molecule has 1 heterocycles. The van der Waals surface area contributed by atoms with Crippen LogP contribution in [0.5, 0.6) is 0 Å². The van der Waals surface area contributed by atoms with E-state index in [1.54, 1.807) is 0 Å². The van der Waals surface area contributed by atoms with E-state index in [9.17, 15) is 4.39 Å². The maximum atomic E-state index is 13.5. The zero-order valence-corrected chi connectivity index (χ0v) is 11.2. The van der Waals surface area contributed by atoms with Gasteiger partial charge < -0.3 is 5.73 Å². The van der Waals surface area contributed by atoms with E-state index < -0.39 is 0 Å². The van der Waals surface area contributed by atoms with Crippen molar-refractivity contribution in [1.82, 2.24) is 4.90 Å². The van der Waals surface area contributed by atoms with Gasteiger partial charge in [0.1, 0.15) is 5.82 Å². The van der Waals surface area contributed by atoms with Gasteiger partial charge in [-0.2, -0.15) is 0 Å². The second-order valence-corrected chi connectivity index (χ2v) is 4.94. The summed E-state index contributed by atoms with van der Waals surface area (Å²) < 4.78 is 14.3. The second-order valence-electron chi connectivity index (χ2n) is 4.02. The first-order valence-electron chi connectivity index (χ1n) is 5.07. The standard InChI is InChI=1S/C11H14BrFN2.ClH/c12-9-2-1-8(11(13)5-9)6-15-4-3-10(14)7-15;/h1-2,5,10H,3-4,6-7,14H2;1H/t10-;/m1./s1. The van der Waals surface area contributed by atoms with Gasteiger partial charge >= 0.3 is 0 Å². The van der Waals surface area contributed by atoms with Crippen LogP contribution in [-0.4, -0.2) is 24.0 Å². The van der Waals surface area contributed by atoms with Crippen molar-refractivity contribution in [1.29, 1.82) is 0 Å². The quantitative estimate of drug-likeness (QED) is 0.910. The molecule has 0 spiro atoms. The van der Waals surface area contributed by atoms with Crippen LogP contribution in [-0.2, 0) is 6.54 Å². The molecule has 1 saturated heterocycles. The maximum absolute atomic E-state index is 13.5. The van der Waals surface area contributed by atoms with Crippen LogP contribution in [0.1, 0.15) is 12.0 Å². The number of rotatable bonds is 2. The molecule has 1 fully saturated rings. The molecule has 2 nitrogen and oxygen atoms in total. The fourth-order valence-electron chi connectivity index (χ4n) is 1.90. The van der Waals surface area contributed by atoms with E-state index in [-0.39, 0.29) is 24.3 Å². The van der Waals surface area contributed by atoms with E-state index in [1.165, 1.54) is 6.07 Å². The lowest BCUT2D eigenvalue weighted by molar-refractivity contribution is 0.321. The van der Waals surface area contributed by atoms with E-state index >= 15 is 0 Å². The minimum Gasteiger partial charge on any atom is -0.326 e. The Balaban J connectivity index is 0.00000128. The topological polar surface area (TPSA) is 29.3 Å². The number of hydrogen-bond donors (Lipinski definition) is 1. The Morgan fingerprint density at radius 2 is 2.25 bits per heavy atom. The van der Waals surface area contributed by atoms with Crippen molar-refractivity contribution < 1.29 is 4.39 Å². The Morgan fingerprint density at radius 3 is 2.81 bits per heavy atom. The first kappa shape index (κ1) is 13.9. The van der Waals surface area contributed by atoms with Gasteiger partial charge in [-0.15, -0.1) is 12.4 Å². The fourth-order valence-corrected chi connectivity index (χ4v) is 2.23. The molecule has 1 aliphatic rings. The summed E-state index contributed by atoms with van der Waals surface area (Å²) in [6.07, 6.45) is 1.01. The average Bonchev–Trinajstić information content (AvgIpc) is 2.56. The molecular weight excluding hydrogens is 294 g/mol. The van der Waals surface area contributed by atoms with Gasteiger partial charge in [0.2, 0.25) is 0 Å². The Kier molecular flexibility index (Phi) is 5.18. The molecule has 1 atom stereocenters. The molecular formula is C11H15BrClFN2. The highest BCUT2D eigenvalue weighted by molar-refractivity contribution is 9.10. The number of hydrogen-bond acceptors (Lipinski definition) is 2. The van der Waals surface area contributed by atoms with Crippen LogP contribution in [0, 0.1) is 5.82 Å². The summed E-state index contributed by atoms with van der Waals surface area (Å²) >= 11 is 3.24. The fraction of sp³-hybridized carbons (Fsp3) is 0.455. The highest BCUT2D eigenvalue weighted by atomic mass is 79.9. The molecule has 0 aromatic heterocycles. The number of benzene rings is 1. The predicted molar refractivity (Wildman–Crippen MR) is 69.2 cm³/mol. The lowest BCUT2D eigenvalue weighted by Gasteiger charge is -2.15. The molecule has 0 saturated carbocycles. The van der Waals surface area contributed by atoms with Crippen LogP contribution < -0.4 is 5.73 Å². The summed E-state index contributed by atoms with van der Waals surface area (Å²) in [6.45, 7) is 2.50. The van der Waals surface area contributed by atoms with Crippen LogP contribution in [0.3, 0.4) is 0 Å². The monoisotopic (exact) mass is 308 g/mol. The van der Waals surface area contributed by atoms with E-state index in [4.69, 9.17) is 5.73 Å². The van der Waals surface area contributed by atoms with E-state index in [0.717, 1.165) is 29.5 Å². The number of nitrogens with zero attached hydrogens (tertiary/aromatic N) is 1. The van der Waals surface area contributed by atoms with Gasteiger partial charge in [0.25, 0.3) is 0 Å². The van der Waals surface area contributed by atoms with Gasteiger partial charge in [0, 0.05) is 35.7 Å². The van der Waals surface area contributed by atoms with Gasteiger partial charge in [0.15, 0.2) is 0 Å². The van der Waals surface area contributed by atoms with E-state index in [1.807, 2.05) is 12.1 Å². The highest BCUT2D eigenvalue weighted by Crippen LogP contribution is 2.18. The van der Waals surface area contributed by atoms with Crippen molar-refractivity contribution in [3.8, 4) is 0 Å². The summed E-state index contributed by atoms with van der Waals surface area (Å²) in [7, 11) is 0. The van der Waals surface area contributed by atoms with Gasteiger partial charge in [-0.05, 0) is 18.6 Å². The van der Waals surface area contributed by atoms with Gasteiger partial charge in [-0.3, -0.25) is 4.90 Å². The minimum absolute atomic E-state index is 0. The molecule has 0 unspecified atom stereocenters. The molecule has 0 radical (unpaired) electrons. The predicted octanol–water partition coefficient (Wildman–Crippen LogP) is 2.54. The van der Waals surface area contributed by atoms with Gasteiger partial charge in [0.05, 0.1) is 0 Å². The zero-order valence-electron chi connectivity index (χ0n) is 8.83. The summed E-state index contributed by atoms with van der Waals surface area (Å²) in [4.78, 5) is 2.19. The molecule has 2 N–H and O–H groups in total.